The predicted octanol–water partition coefficient (Wildman–Crippen LogP) is -0.127. The van der Waals surface area contributed by atoms with E-state index < -0.39 is 27.8 Å². The van der Waals surface area contributed by atoms with Crippen molar-refractivity contribution in [2.45, 2.75) is 43.0 Å². The number of nitrogens with zero attached hydrogens (tertiary/aromatic N) is 1. The molecule has 2 fully saturated rings. The molecular formula is C19H28FN4O4S+. The molecule has 10 heteroatoms. The van der Waals surface area contributed by atoms with Crippen LogP contribution in [-0.4, -0.2) is 63.4 Å². The maximum atomic E-state index is 13.9. The zero-order valence-electron chi connectivity index (χ0n) is 16.3. The van der Waals surface area contributed by atoms with E-state index in [4.69, 9.17) is 0 Å². The summed E-state index contributed by atoms with van der Waals surface area (Å²) in [6.45, 7) is 1.28. The van der Waals surface area contributed by atoms with Gasteiger partial charge in [0.2, 0.25) is 10.0 Å². The quantitative estimate of drug-likeness (QED) is 0.610. The van der Waals surface area contributed by atoms with Gasteiger partial charge in [-0.1, -0.05) is 31.4 Å². The Balaban J connectivity index is 1.45. The first kappa shape index (κ1) is 21.7. The second kappa shape index (κ2) is 9.64. The van der Waals surface area contributed by atoms with Crippen molar-refractivity contribution in [3.63, 3.8) is 0 Å². The predicted molar refractivity (Wildman–Crippen MR) is 104 cm³/mol. The summed E-state index contributed by atoms with van der Waals surface area (Å²) in [6, 6.07) is 4.96. The molecule has 1 aliphatic heterocycles. The molecule has 0 aromatic heterocycles. The van der Waals surface area contributed by atoms with Gasteiger partial charge in [0.15, 0.2) is 6.54 Å². The molecule has 1 saturated carbocycles. The van der Waals surface area contributed by atoms with E-state index in [0.29, 0.717) is 13.1 Å². The fourth-order valence-corrected chi connectivity index (χ4v) is 5.39. The number of urea groups is 1. The molecule has 0 bridgehead atoms. The third-order valence-electron chi connectivity index (χ3n) is 5.49. The Morgan fingerprint density at radius 3 is 2.41 bits per heavy atom. The zero-order chi connectivity index (χ0) is 20.9. The van der Waals surface area contributed by atoms with Crippen LogP contribution in [0.4, 0.5) is 9.18 Å². The minimum absolute atomic E-state index is 0.0890. The standard InChI is InChI=1S/C19H27FN4O4S/c20-16-8-4-5-9-17(16)29(27,28)24-12-10-23(11-13-24)14-18(25)22-19(26)21-15-6-2-1-3-7-15/h4-5,8-9,15H,1-3,6-7,10-14H2,(H2,21,22,25,26)/p+1. The lowest BCUT2D eigenvalue weighted by atomic mass is 9.96. The Bertz CT molecular complexity index is 834. The normalized spacial score (nSPS) is 19.6. The van der Waals surface area contributed by atoms with Crippen LogP contribution in [0.1, 0.15) is 32.1 Å². The molecule has 1 aliphatic carbocycles. The van der Waals surface area contributed by atoms with Crippen molar-refractivity contribution in [3.05, 3.63) is 30.1 Å². The van der Waals surface area contributed by atoms with Gasteiger partial charge in [0, 0.05) is 6.04 Å². The number of carbonyl (C=O) groups excluding carboxylic acids is 2. The van der Waals surface area contributed by atoms with Crippen LogP contribution in [0.3, 0.4) is 0 Å². The Labute approximate surface area is 170 Å². The molecule has 0 spiro atoms. The highest BCUT2D eigenvalue weighted by molar-refractivity contribution is 7.89. The average molecular weight is 428 g/mol. The smallest absolute Gasteiger partial charge is 0.321 e. The summed E-state index contributed by atoms with van der Waals surface area (Å²) in [7, 11) is -3.90. The number of hydrogen-bond acceptors (Lipinski definition) is 4. The van der Waals surface area contributed by atoms with E-state index >= 15 is 0 Å². The van der Waals surface area contributed by atoms with Crippen LogP contribution in [0.2, 0.25) is 0 Å². The summed E-state index contributed by atoms with van der Waals surface area (Å²) in [4.78, 5) is 24.6. The number of rotatable bonds is 5. The fourth-order valence-electron chi connectivity index (χ4n) is 3.88. The third-order valence-corrected chi connectivity index (χ3v) is 7.42. The van der Waals surface area contributed by atoms with Crippen molar-refractivity contribution < 1.29 is 27.3 Å². The maximum Gasteiger partial charge on any atom is 0.321 e. The van der Waals surface area contributed by atoms with Gasteiger partial charge in [-0.3, -0.25) is 10.1 Å². The van der Waals surface area contributed by atoms with E-state index in [1.54, 1.807) is 0 Å². The van der Waals surface area contributed by atoms with Gasteiger partial charge in [0.1, 0.15) is 10.7 Å². The molecule has 8 nitrogen and oxygen atoms in total. The van der Waals surface area contributed by atoms with Gasteiger partial charge in [-0.2, -0.15) is 4.31 Å². The highest BCUT2D eigenvalue weighted by Gasteiger charge is 2.32. The highest BCUT2D eigenvalue weighted by atomic mass is 32.2. The van der Waals surface area contributed by atoms with E-state index in [1.807, 2.05) is 0 Å². The topological polar surface area (TPSA) is 100 Å². The minimum atomic E-state index is -3.90. The SMILES string of the molecule is O=C(C[NH+]1CCN(S(=O)(=O)c2ccccc2F)CC1)NC(=O)NC1CCCCC1. The Morgan fingerprint density at radius 1 is 1.10 bits per heavy atom. The van der Waals surface area contributed by atoms with Crippen molar-refractivity contribution in [1.82, 2.24) is 14.9 Å². The van der Waals surface area contributed by atoms with E-state index in [2.05, 4.69) is 10.6 Å². The second-order valence-electron chi connectivity index (χ2n) is 7.62. The number of piperazine rings is 1. The summed E-state index contributed by atoms with van der Waals surface area (Å²) in [6.07, 6.45) is 5.23. The van der Waals surface area contributed by atoms with Gasteiger partial charge >= 0.3 is 6.03 Å². The zero-order valence-corrected chi connectivity index (χ0v) is 17.1. The first-order chi connectivity index (χ1) is 13.9. The summed E-state index contributed by atoms with van der Waals surface area (Å²) in [5.41, 5.74) is 0. The molecule has 1 heterocycles. The second-order valence-corrected chi connectivity index (χ2v) is 9.52. The summed E-state index contributed by atoms with van der Waals surface area (Å²) >= 11 is 0. The monoisotopic (exact) mass is 427 g/mol. The van der Waals surface area contributed by atoms with Crippen LogP contribution in [0.15, 0.2) is 29.2 Å². The number of amides is 3. The number of sulfonamides is 1. The number of nitrogens with one attached hydrogen (secondary N) is 3. The molecule has 0 radical (unpaired) electrons. The molecular weight excluding hydrogens is 399 g/mol. The lowest BCUT2D eigenvalue weighted by Gasteiger charge is -2.31. The first-order valence-corrected chi connectivity index (χ1v) is 11.5. The van der Waals surface area contributed by atoms with E-state index in [0.717, 1.165) is 36.6 Å². The molecule has 1 aromatic rings. The van der Waals surface area contributed by atoms with Gasteiger partial charge in [-0.15, -0.1) is 0 Å². The number of benzene rings is 1. The Kier molecular flexibility index (Phi) is 7.20. The first-order valence-electron chi connectivity index (χ1n) is 10.0. The van der Waals surface area contributed by atoms with Gasteiger partial charge < -0.3 is 10.2 Å². The Morgan fingerprint density at radius 2 is 1.76 bits per heavy atom. The molecule has 1 saturated heterocycles. The van der Waals surface area contributed by atoms with Crippen LogP contribution < -0.4 is 15.5 Å². The minimum Gasteiger partial charge on any atom is -0.335 e. The van der Waals surface area contributed by atoms with Gasteiger partial charge in [0.25, 0.3) is 5.91 Å². The molecule has 160 valence electrons. The summed E-state index contributed by atoms with van der Waals surface area (Å²) in [5, 5.41) is 5.19. The lowest BCUT2D eigenvalue weighted by molar-refractivity contribution is -0.895. The summed E-state index contributed by atoms with van der Waals surface area (Å²) < 4.78 is 40.3. The fraction of sp³-hybridized carbons (Fsp3) is 0.579. The number of carbonyl (C=O) groups is 2. The molecule has 3 amide bonds. The maximum absolute atomic E-state index is 13.9. The highest BCUT2D eigenvalue weighted by Crippen LogP contribution is 2.19. The summed E-state index contributed by atoms with van der Waals surface area (Å²) in [5.74, 6) is -1.16. The van der Waals surface area contributed by atoms with Crippen molar-refractivity contribution in [1.29, 1.82) is 0 Å². The van der Waals surface area contributed by atoms with Crippen LogP contribution in [0.5, 0.6) is 0 Å². The van der Waals surface area contributed by atoms with E-state index in [1.165, 1.54) is 28.9 Å². The average Bonchev–Trinajstić information content (AvgIpc) is 2.69. The van der Waals surface area contributed by atoms with Crippen molar-refractivity contribution in [3.8, 4) is 0 Å². The molecule has 0 atom stereocenters. The van der Waals surface area contributed by atoms with Crippen molar-refractivity contribution >= 4 is 22.0 Å². The molecule has 1 aromatic carbocycles. The number of halogens is 1. The van der Waals surface area contributed by atoms with Crippen LogP contribution in [-0.2, 0) is 14.8 Å². The molecule has 3 rings (SSSR count). The molecule has 2 aliphatic rings. The van der Waals surface area contributed by atoms with Crippen molar-refractivity contribution in [2.75, 3.05) is 32.7 Å². The Hall–Kier alpha value is -2.04. The number of imide groups is 1. The molecule has 3 N–H and O–H groups in total. The third kappa shape index (κ3) is 5.74. The number of hydrogen-bond donors (Lipinski definition) is 3. The van der Waals surface area contributed by atoms with Crippen LogP contribution in [0.25, 0.3) is 0 Å². The molecule has 0 unspecified atom stereocenters. The van der Waals surface area contributed by atoms with Gasteiger partial charge in [0.05, 0.1) is 26.2 Å². The van der Waals surface area contributed by atoms with Crippen LogP contribution >= 0.6 is 0 Å². The van der Waals surface area contributed by atoms with Crippen LogP contribution in [0, 0.1) is 5.82 Å². The van der Waals surface area contributed by atoms with Gasteiger partial charge in [-0.05, 0) is 25.0 Å². The van der Waals surface area contributed by atoms with Gasteiger partial charge in [-0.25, -0.2) is 17.6 Å². The molecule has 29 heavy (non-hydrogen) atoms. The van der Waals surface area contributed by atoms with E-state index in [-0.39, 0.29) is 30.6 Å². The van der Waals surface area contributed by atoms with E-state index in [9.17, 15) is 22.4 Å². The largest absolute Gasteiger partial charge is 0.335 e. The van der Waals surface area contributed by atoms with Crippen molar-refractivity contribution in [2.24, 2.45) is 0 Å². The lowest BCUT2D eigenvalue weighted by Crippen LogP contribution is -3.15. The number of quaternary nitrogens is 1.